The average molecular weight is 345 g/mol. The van der Waals surface area contributed by atoms with E-state index in [1.54, 1.807) is 18.2 Å². The smallest absolute Gasteiger partial charge is 0.331 e. The maximum Gasteiger partial charge on any atom is 0.331 e. The van der Waals surface area contributed by atoms with Gasteiger partial charge in [0.15, 0.2) is 6.04 Å². The lowest BCUT2D eigenvalue weighted by Gasteiger charge is -2.16. The lowest BCUT2D eigenvalue weighted by atomic mass is 10.0. The number of benzene rings is 1. The predicted molar refractivity (Wildman–Crippen MR) is 90.4 cm³/mol. The number of nitrogens with zero attached hydrogens (tertiary/aromatic N) is 2. The molecule has 0 saturated carbocycles. The molecule has 2 aromatic rings. The molecule has 1 atom stereocenters. The Labute approximate surface area is 143 Å². The first-order valence-corrected chi connectivity index (χ1v) is 7.56. The summed E-state index contributed by atoms with van der Waals surface area (Å²) >= 11 is 0. The first-order chi connectivity index (χ1) is 11.7. The Balaban J connectivity index is 2.23. The van der Waals surface area contributed by atoms with Crippen molar-refractivity contribution in [1.82, 2.24) is 14.5 Å². The summed E-state index contributed by atoms with van der Waals surface area (Å²) in [5.41, 5.74) is 1.22. The number of aliphatic carboxylic acids is 1. The van der Waals surface area contributed by atoms with Crippen molar-refractivity contribution in [2.24, 2.45) is 7.05 Å². The van der Waals surface area contributed by atoms with Crippen LogP contribution in [-0.2, 0) is 23.2 Å². The van der Waals surface area contributed by atoms with Crippen molar-refractivity contribution < 1.29 is 14.7 Å². The normalized spacial score (nSPS) is 11.8. The summed E-state index contributed by atoms with van der Waals surface area (Å²) in [5.74, 6) is -1.85. The molecule has 0 aliphatic rings. The van der Waals surface area contributed by atoms with Gasteiger partial charge in [0, 0.05) is 19.3 Å². The summed E-state index contributed by atoms with van der Waals surface area (Å²) in [5, 5.41) is 11.8. The Bertz CT molecular complexity index is 942. The summed E-state index contributed by atoms with van der Waals surface area (Å²) in [6, 6.07) is 5.05. The van der Waals surface area contributed by atoms with E-state index in [2.05, 4.69) is 5.32 Å². The largest absolute Gasteiger partial charge is 0.479 e. The van der Waals surface area contributed by atoms with Crippen LogP contribution in [0.5, 0.6) is 0 Å². The van der Waals surface area contributed by atoms with Gasteiger partial charge >= 0.3 is 11.7 Å². The summed E-state index contributed by atoms with van der Waals surface area (Å²) in [6.07, 6.45) is 1.20. The molecule has 1 unspecified atom stereocenters. The Morgan fingerprint density at radius 2 is 1.84 bits per heavy atom. The number of aryl methyl sites for hydroxylation is 2. The van der Waals surface area contributed by atoms with Crippen molar-refractivity contribution in [3.8, 4) is 0 Å². The zero-order valence-electron chi connectivity index (χ0n) is 14.1. The van der Waals surface area contributed by atoms with Crippen LogP contribution in [0.2, 0.25) is 0 Å². The van der Waals surface area contributed by atoms with Gasteiger partial charge in [0.25, 0.3) is 5.56 Å². The fourth-order valence-corrected chi connectivity index (χ4v) is 2.33. The van der Waals surface area contributed by atoms with E-state index < -0.39 is 29.2 Å². The van der Waals surface area contributed by atoms with Gasteiger partial charge in [-0.25, -0.2) is 9.59 Å². The second kappa shape index (κ2) is 7.16. The number of carboxylic acid groups (broad SMARTS) is 1. The molecule has 2 rings (SSSR count). The van der Waals surface area contributed by atoms with Crippen LogP contribution in [0, 0.1) is 13.8 Å². The highest BCUT2D eigenvalue weighted by molar-refractivity contribution is 5.84. The van der Waals surface area contributed by atoms with E-state index in [0.717, 1.165) is 26.3 Å². The highest BCUT2D eigenvalue weighted by atomic mass is 16.4. The van der Waals surface area contributed by atoms with Crippen LogP contribution in [0.3, 0.4) is 0 Å². The van der Waals surface area contributed by atoms with Gasteiger partial charge in [-0.3, -0.25) is 18.7 Å². The number of nitrogens with one attached hydrogen (secondary N) is 1. The molecule has 0 aliphatic carbocycles. The first kappa shape index (κ1) is 18.2. The zero-order chi connectivity index (χ0) is 18.7. The monoisotopic (exact) mass is 345 g/mol. The molecular weight excluding hydrogens is 326 g/mol. The number of hydrogen-bond donors (Lipinski definition) is 2. The quantitative estimate of drug-likeness (QED) is 0.799. The summed E-state index contributed by atoms with van der Waals surface area (Å²) < 4.78 is 1.90. The molecule has 132 valence electrons. The number of carboxylic acids is 1. The van der Waals surface area contributed by atoms with Gasteiger partial charge in [0.05, 0.1) is 0 Å². The van der Waals surface area contributed by atoms with Crippen molar-refractivity contribution in [1.29, 1.82) is 0 Å². The summed E-state index contributed by atoms with van der Waals surface area (Å²) in [4.78, 5) is 47.0. The van der Waals surface area contributed by atoms with E-state index in [0.29, 0.717) is 5.56 Å². The molecule has 0 spiro atoms. The van der Waals surface area contributed by atoms with Crippen molar-refractivity contribution in [2.75, 3.05) is 0 Å². The predicted octanol–water partition coefficient (Wildman–Crippen LogP) is 0.106. The van der Waals surface area contributed by atoms with Crippen LogP contribution in [0.25, 0.3) is 0 Å². The average Bonchev–Trinajstić information content (AvgIpc) is 2.55. The highest BCUT2D eigenvalue weighted by Crippen LogP contribution is 2.17. The number of carbonyl (C=O) groups excluding carboxylic acids is 1. The summed E-state index contributed by atoms with van der Waals surface area (Å²) in [6.45, 7) is 3.37. The molecule has 1 aromatic carbocycles. The molecule has 8 heteroatoms. The van der Waals surface area contributed by atoms with Gasteiger partial charge in [-0.05, 0) is 30.5 Å². The van der Waals surface area contributed by atoms with Crippen LogP contribution in [-0.4, -0.2) is 26.1 Å². The maximum atomic E-state index is 12.2. The van der Waals surface area contributed by atoms with E-state index in [1.807, 2.05) is 13.8 Å². The molecule has 0 bridgehead atoms. The highest BCUT2D eigenvalue weighted by Gasteiger charge is 2.22. The standard InChI is InChI=1S/C17H19N3O5/c1-10-4-5-12(8-11(10)2)15(16(23)24)18-13(21)9-20-7-6-14(22)19(3)17(20)25/h4-8,15H,9H2,1-3H3,(H,18,21)(H,23,24). The third kappa shape index (κ3) is 4.03. The molecule has 1 aromatic heterocycles. The molecule has 0 radical (unpaired) electrons. The van der Waals surface area contributed by atoms with Gasteiger partial charge in [-0.15, -0.1) is 0 Å². The third-order valence-electron chi connectivity index (χ3n) is 3.99. The van der Waals surface area contributed by atoms with Crippen molar-refractivity contribution >= 4 is 11.9 Å². The molecule has 0 aliphatic heterocycles. The number of rotatable bonds is 5. The summed E-state index contributed by atoms with van der Waals surface area (Å²) in [7, 11) is 1.30. The van der Waals surface area contributed by atoms with Gasteiger partial charge in [0.1, 0.15) is 6.54 Å². The molecule has 0 fully saturated rings. The van der Waals surface area contributed by atoms with Gasteiger partial charge in [0.2, 0.25) is 5.91 Å². The van der Waals surface area contributed by atoms with Crippen molar-refractivity contribution in [3.63, 3.8) is 0 Å². The van der Waals surface area contributed by atoms with E-state index in [9.17, 15) is 24.3 Å². The molecule has 1 amide bonds. The second-order valence-electron chi connectivity index (χ2n) is 5.81. The van der Waals surface area contributed by atoms with Crippen molar-refractivity contribution in [2.45, 2.75) is 26.4 Å². The minimum atomic E-state index is -1.23. The Morgan fingerprint density at radius 3 is 2.44 bits per heavy atom. The first-order valence-electron chi connectivity index (χ1n) is 7.56. The minimum absolute atomic E-state index is 0.387. The second-order valence-corrected chi connectivity index (χ2v) is 5.81. The third-order valence-corrected chi connectivity index (χ3v) is 3.99. The lowest BCUT2D eigenvalue weighted by molar-refractivity contribution is -0.142. The molecular formula is C17H19N3O5. The molecule has 2 N–H and O–H groups in total. The van der Waals surface area contributed by atoms with Crippen LogP contribution < -0.4 is 16.6 Å². The number of hydrogen-bond acceptors (Lipinski definition) is 4. The van der Waals surface area contributed by atoms with E-state index >= 15 is 0 Å². The van der Waals surface area contributed by atoms with E-state index in [1.165, 1.54) is 13.2 Å². The van der Waals surface area contributed by atoms with Crippen LogP contribution >= 0.6 is 0 Å². The Morgan fingerprint density at radius 1 is 1.16 bits per heavy atom. The number of amides is 1. The molecule has 0 saturated heterocycles. The van der Waals surface area contributed by atoms with Gasteiger partial charge < -0.3 is 10.4 Å². The van der Waals surface area contributed by atoms with Crippen molar-refractivity contribution in [3.05, 3.63) is 68.0 Å². The molecule has 8 nitrogen and oxygen atoms in total. The molecule has 25 heavy (non-hydrogen) atoms. The fraction of sp³-hybridized carbons (Fsp3) is 0.294. The van der Waals surface area contributed by atoms with Crippen LogP contribution in [0.1, 0.15) is 22.7 Å². The fourth-order valence-electron chi connectivity index (χ4n) is 2.33. The SMILES string of the molecule is Cc1ccc(C(NC(=O)Cn2ccc(=O)n(C)c2=O)C(=O)O)cc1C. The Hall–Kier alpha value is -3.16. The van der Waals surface area contributed by atoms with Gasteiger partial charge in [-0.2, -0.15) is 0 Å². The zero-order valence-corrected chi connectivity index (χ0v) is 14.1. The Kier molecular flexibility index (Phi) is 5.21. The molecule has 1 heterocycles. The van der Waals surface area contributed by atoms with Crippen LogP contribution in [0.15, 0.2) is 40.1 Å². The number of aromatic nitrogens is 2. The minimum Gasteiger partial charge on any atom is -0.479 e. The van der Waals surface area contributed by atoms with Crippen LogP contribution in [0.4, 0.5) is 0 Å². The maximum absolute atomic E-state index is 12.2. The number of carbonyl (C=O) groups is 2. The van der Waals surface area contributed by atoms with E-state index in [-0.39, 0.29) is 6.54 Å². The lowest BCUT2D eigenvalue weighted by Crippen LogP contribution is -2.42. The van der Waals surface area contributed by atoms with E-state index in [4.69, 9.17) is 0 Å². The topological polar surface area (TPSA) is 110 Å². The van der Waals surface area contributed by atoms with Gasteiger partial charge in [-0.1, -0.05) is 18.2 Å².